The summed E-state index contributed by atoms with van der Waals surface area (Å²) in [6, 6.07) is 17.1. The summed E-state index contributed by atoms with van der Waals surface area (Å²) in [6.07, 6.45) is 0. The Labute approximate surface area is 176 Å². The number of nitrogens with zero attached hydrogens (tertiary/aromatic N) is 2. The molecule has 1 heterocycles. The molecule has 0 unspecified atom stereocenters. The molecule has 0 aliphatic carbocycles. The van der Waals surface area contributed by atoms with Crippen LogP contribution in [0.15, 0.2) is 65.2 Å². The average Bonchev–Trinajstić information content (AvgIpc) is 2.77. The van der Waals surface area contributed by atoms with E-state index in [0.29, 0.717) is 21.9 Å². The number of nitro groups is 1. The Bertz CT molecular complexity index is 1060. The molecule has 2 atom stereocenters. The van der Waals surface area contributed by atoms with E-state index in [1.54, 1.807) is 42.5 Å². The summed E-state index contributed by atoms with van der Waals surface area (Å²) in [6.45, 7) is 0. The van der Waals surface area contributed by atoms with Crippen LogP contribution in [0.1, 0.15) is 17.0 Å². The summed E-state index contributed by atoms with van der Waals surface area (Å²) < 4.78 is 4.80. The molecule has 3 rings (SSSR count). The zero-order chi connectivity index (χ0) is 21.7. The lowest BCUT2D eigenvalue weighted by Crippen LogP contribution is -2.44. The molecule has 2 aromatic carbocycles. The fraction of sp³-hybridized carbons (Fsp3) is 0.190. The first-order chi connectivity index (χ1) is 14.5. The van der Waals surface area contributed by atoms with Gasteiger partial charge < -0.3 is 10.1 Å². The quantitative estimate of drug-likeness (QED) is 0.327. The Morgan fingerprint density at radius 2 is 2.00 bits per heavy atom. The molecule has 30 heavy (non-hydrogen) atoms. The summed E-state index contributed by atoms with van der Waals surface area (Å²) in [5.41, 5.74) is 1.52. The molecule has 0 saturated carbocycles. The molecule has 8 nitrogen and oxygen atoms in total. The standard InChI is InChI=1S/C21H17N3O5S/c1-29-21(26)18-17(14-7-3-2-4-8-14)16(11-22)20(23-19(18)25)30-12-13-6-5-9-15(10-13)24(27)28/h2-10,17-18H,12H2,1H3,(H,23,25)/t17-,18+/m1/s1. The number of nitriles is 1. The first kappa shape index (κ1) is 21.1. The normalized spacial score (nSPS) is 18.3. The predicted octanol–water partition coefficient (Wildman–Crippen LogP) is 3.27. The second-order valence-electron chi connectivity index (χ2n) is 6.45. The molecule has 1 aliphatic heterocycles. The number of rotatable bonds is 6. The molecule has 0 radical (unpaired) electrons. The van der Waals surface area contributed by atoms with Crippen LogP contribution in [-0.2, 0) is 20.1 Å². The van der Waals surface area contributed by atoms with Crippen molar-refractivity contribution in [3.8, 4) is 6.07 Å². The number of methoxy groups -OCH3 is 1. The van der Waals surface area contributed by atoms with Crippen molar-refractivity contribution < 1.29 is 19.2 Å². The van der Waals surface area contributed by atoms with Crippen molar-refractivity contribution in [3.05, 3.63) is 86.4 Å². The molecule has 0 fully saturated rings. The SMILES string of the molecule is COC(=O)[C@@H]1C(=O)NC(SCc2cccc([N+](=O)[O-])c2)=C(C#N)[C@H]1c1ccccc1. The van der Waals surface area contributed by atoms with Crippen molar-refractivity contribution >= 4 is 29.3 Å². The van der Waals surface area contributed by atoms with Crippen molar-refractivity contribution in [1.82, 2.24) is 5.32 Å². The number of carbonyl (C=O) groups is 2. The van der Waals surface area contributed by atoms with E-state index in [2.05, 4.69) is 11.4 Å². The molecular weight excluding hydrogens is 406 g/mol. The Morgan fingerprint density at radius 3 is 2.63 bits per heavy atom. The maximum absolute atomic E-state index is 12.7. The molecule has 0 bridgehead atoms. The van der Waals surface area contributed by atoms with Gasteiger partial charge in [0.05, 0.1) is 28.7 Å². The van der Waals surface area contributed by atoms with Crippen LogP contribution in [-0.4, -0.2) is 23.9 Å². The van der Waals surface area contributed by atoms with Crippen LogP contribution in [0.25, 0.3) is 0 Å². The van der Waals surface area contributed by atoms with Crippen LogP contribution in [0, 0.1) is 27.4 Å². The van der Waals surface area contributed by atoms with Gasteiger partial charge in [-0.3, -0.25) is 19.7 Å². The van der Waals surface area contributed by atoms with Gasteiger partial charge in [-0.15, -0.1) is 11.8 Å². The lowest BCUT2D eigenvalue weighted by atomic mass is 9.78. The minimum absolute atomic E-state index is 0.0387. The van der Waals surface area contributed by atoms with Gasteiger partial charge in [0, 0.05) is 23.8 Å². The van der Waals surface area contributed by atoms with Gasteiger partial charge in [-0.2, -0.15) is 5.26 Å². The van der Waals surface area contributed by atoms with E-state index in [1.807, 2.05) is 0 Å². The minimum Gasteiger partial charge on any atom is -0.468 e. The van der Waals surface area contributed by atoms with Crippen LogP contribution >= 0.6 is 11.8 Å². The largest absolute Gasteiger partial charge is 0.468 e. The molecule has 0 aromatic heterocycles. The predicted molar refractivity (Wildman–Crippen MR) is 110 cm³/mol. The van der Waals surface area contributed by atoms with E-state index in [0.717, 1.165) is 0 Å². The molecule has 9 heteroatoms. The zero-order valence-corrected chi connectivity index (χ0v) is 16.7. The summed E-state index contributed by atoms with van der Waals surface area (Å²) in [5, 5.41) is 23.8. The van der Waals surface area contributed by atoms with Gasteiger partial charge in [0.2, 0.25) is 5.91 Å². The molecule has 1 aliphatic rings. The highest BCUT2D eigenvalue weighted by atomic mass is 32.2. The number of esters is 1. The van der Waals surface area contributed by atoms with E-state index in [9.17, 15) is 25.0 Å². The van der Waals surface area contributed by atoms with Crippen molar-refractivity contribution in [2.24, 2.45) is 5.92 Å². The van der Waals surface area contributed by atoms with Crippen molar-refractivity contribution in [2.75, 3.05) is 7.11 Å². The number of non-ortho nitro benzene ring substituents is 1. The maximum atomic E-state index is 12.7. The van der Waals surface area contributed by atoms with E-state index in [1.165, 1.54) is 31.0 Å². The molecule has 1 amide bonds. The van der Waals surface area contributed by atoms with Crippen molar-refractivity contribution in [2.45, 2.75) is 11.7 Å². The molecule has 2 aromatic rings. The highest BCUT2D eigenvalue weighted by molar-refractivity contribution is 8.02. The van der Waals surface area contributed by atoms with Crippen LogP contribution in [0.5, 0.6) is 0 Å². The third-order valence-electron chi connectivity index (χ3n) is 4.65. The average molecular weight is 423 g/mol. The lowest BCUT2D eigenvalue weighted by molar-refractivity contribution is -0.384. The summed E-state index contributed by atoms with van der Waals surface area (Å²) >= 11 is 1.18. The van der Waals surface area contributed by atoms with Crippen LogP contribution < -0.4 is 5.32 Å². The van der Waals surface area contributed by atoms with Gasteiger partial charge in [0.1, 0.15) is 5.92 Å². The number of carbonyl (C=O) groups excluding carboxylic acids is 2. The van der Waals surface area contributed by atoms with Crippen LogP contribution in [0.3, 0.4) is 0 Å². The number of thioether (sulfide) groups is 1. The van der Waals surface area contributed by atoms with Crippen molar-refractivity contribution in [3.63, 3.8) is 0 Å². The number of ether oxygens (including phenoxy) is 1. The highest BCUT2D eigenvalue weighted by Crippen LogP contribution is 2.40. The number of allylic oxidation sites excluding steroid dienone is 1. The molecule has 0 spiro atoms. The zero-order valence-electron chi connectivity index (χ0n) is 15.9. The maximum Gasteiger partial charge on any atom is 0.319 e. The number of amides is 1. The summed E-state index contributed by atoms with van der Waals surface area (Å²) in [4.78, 5) is 35.6. The Kier molecular flexibility index (Phi) is 6.49. The highest BCUT2D eigenvalue weighted by Gasteiger charge is 2.44. The topological polar surface area (TPSA) is 122 Å². The van der Waals surface area contributed by atoms with E-state index in [-0.39, 0.29) is 11.3 Å². The summed E-state index contributed by atoms with van der Waals surface area (Å²) in [7, 11) is 1.19. The van der Waals surface area contributed by atoms with E-state index >= 15 is 0 Å². The monoisotopic (exact) mass is 423 g/mol. The van der Waals surface area contributed by atoms with Gasteiger partial charge in [-0.05, 0) is 11.1 Å². The number of hydrogen-bond acceptors (Lipinski definition) is 7. The first-order valence-corrected chi connectivity index (χ1v) is 9.89. The minimum atomic E-state index is -1.19. The summed E-state index contributed by atoms with van der Waals surface area (Å²) in [5.74, 6) is -2.96. The Hall–Kier alpha value is -3.64. The van der Waals surface area contributed by atoms with Gasteiger partial charge in [0.15, 0.2) is 0 Å². The fourth-order valence-corrected chi connectivity index (χ4v) is 4.25. The van der Waals surface area contributed by atoms with Crippen molar-refractivity contribution in [1.29, 1.82) is 5.26 Å². The van der Waals surface area contributed by atoms with Crippen LogP contribution in [0.2, 0.25) is 0 Å². The van der Waals surface area contributed by atoms with Gasteiger partial charge in [-0.1, -0.05) is 42.5 Å². The Morgan fingerprint density at radius 1 is 1.27 bits per heavy atom. The molecule has 152 valence electrons. The first-order valence-electron chi connectivity index (χ1n) is 8.90. The molecule has 0 saturated heterocycles. The molecular formula is C21H17N3O5S. The van der Waals surface area contributed by atoms with Crippen LogP contribution in [0.4, 0.5) is 5.69 Å². The van der Waals surface area contributed by atoms with Gasteiger partial charge in [-0.25, -0.2) is 0 Å². The van der Waals surface area contributed by atoms with E-state index < -0.39 is 28.6 Å². The molecule has 1 N–H and O–H groups in total. The number of hydrogen-bond donors (Lipinski definition) is 1. The number of nitrogens with one attached hydrogen (secondary N) is 1. The lowest BCUT2D eigenvalue weighted by Gasteiger charge is -2.30. The number of nitro benzene ring substituents is 1. The van der Waals surface area contributed by atoms with Gasteiger partial charge in [0.25, 0.3) is 5.69 Å². The van der Waals surface area contributed by atoms with Gasteiger partial charge >= 0.3 is 5.97 Å². The smallest absolute Gasteiger partial charge is 0.319 e. The Balaban J connectivity index is 1.98. The third kappa shape index (κ3) is 4.34. The number of benzene rings is 2. The third-order valence-corrected chi connectivity index (χ3v) is 5.74. The second kappa shape index (κ2) is 9.24. The fourth-order valence-electron chi connectivity index (χ4n) is 3.26. The second-order valence-corrected chi connectivity index (χ2v) is 7.43. The van der Waals surface area contributed by atoms with E-state index in [4.69, 9.17) is 4.74 Å².